The second kappa shape index (κ2) is 6.21. The summed E-state index contributed by atoms with van der Waals surface area (Å²) < 4.78 is 11.3. The van der Waals surface area contributed by atoms with Crippen LogP contribution in [0.4, 0.5) is 0 Å². The molecule has 4 heteroatoms. The molecule has 2 unspecified atom stereocenters. The van der Waals surface area contributed by atoms with Crippen molar-refractivity contribution in [2.75, 3.05) is 19.7 Å². The molecule has 1 saturated heterocycles. The Morgan fingerprint density at radius 1 is 1.56 bits per heavy atom. The minimum atomic E-state index is -0.450. The summed E-state index contributed by atoms with van der Waals surface area (Å²) in [4.78, 5) is 11.2. The third-order valence-corrected chi connectivity index (χ3v) is 3.13. The van der Waals surface area contributed by atoms with E-state index >= 15 is 0 Å². The molecule has 0 amide bonds. The van der Waals surface area contributed by atoms with Crippen molar-refractivity contribution in [3.63, 3.8) is 0 Å². The van der Waals surface area contributed by atoms with Crippen LogP contribution in [-0.2, 0) is 14.3 Å². The maximum Gasteiger partial charge on any atom is 0.303 e. The summed E-state index contributed by atoms with van der Waals surface area (Å²) >= 11 is 0. The van der Waals surface area contributed by atoms with Crippen molar-refractivity contribution < 1.29 is 14.3 Å². The van der Waals surface area contributed by atoms with Gasteiger partial charge in [-0.2, -0.15) is 0 Å². The fraction of sp³-hybridized carbons (Fsp3) is 0.917. The van der Waals surface area contributed by atoms with Crippen molar-refractivity contribution in [2.45, 2.75) is 51.7 Å². The van der Waals surface area contributed by atoms with E-state index in [9.17, 15) is 4.79 Å². The second-order valence-electron chi connectivity index (χ2n) is 4.33. The molecule has 1 aliphatic rings. The van der Waals surface area contributed by atoms with Crippen molar-refractivity contribution in [3.8, 4) is 0 Å². The second-order valence-corrected chi connectivity index (χ2v) is 4.33. The number of esters is 1. The average Bonchev–Trinajstić information content (AvgIpc) is 2.29. The van der Waals surface area contributed by atoms with Gasteiger partial charge in [0.15, 0.2) is 0 Å². The van der Waals surface area contributed by atoms with Gasteiger partial charge < -0.3 is 14.8 Å². The monoisotopic (exact) mass is 229 g/mol. The number of morpholine rings is 1. The normalized spacial score (nSPS) is 24.8. The van der Waals surface area contributed by atoms with Gasteiger partial charge in [-0.15, -0.1) is 0 Å². The van der Waals surface area contributed by atoms with E-state index in [4.69, 9.17) is 9.47 Å². The minimum Gasteiger partial charge on any atom is -0.456 e. The zero-order valence-corrected chi connectivity index (χ0v) is 10.5. The van der Waals surface area contributed by atoms with E-state index in [1.807, 2.05) is 0 Å². The van der Waals surface area contributed by atoms with Crippen molar-refractivity contribution in [1.29, 1.82) is 0 Å². The van der Waals surface area contributed by atoms with Crippen molar-refractivity contribution in [3.05, 3.63) is 0 Å². The Morgan fingerprint density at radius 2 is 2.31 bits per heavy atom. The summed E-state index contributed by atoms with van der Waals surface area (Å²) in [7, 11) is 0. The zero-order chi connectivity index (χ0) is 12.0. The summed E-state index contributed by atoms with van der Waals surface area (Å²) in [5.74, 6) is -0.218. The van der Waals surface area contributed by atoms with Gasteiger partial charge >= 0.3 is 5.97 Å². The summed E-state index contributed by atoms with van der Waals surface area (Å²) in [5.41, 5.74) is -0.450. The van der Waals surface area contributed by atoms with Crippen LogP contribution >= 0.6 is 0 Å². The minimum absolute atomic E-state index is 0.0184. The highest BCUT2D eigenvalue weighted by Gasteiger charge is 2.41. The molecule has 0 aromatic carbocycles. The first-order chi connectivity index (χ1) is 7.64. The van der Waals surface area contributed by atoms with E-state index in [0.717, 1.165) is 32.4 Å². The van der Waals surface area contributed by atoms with E-state index in [0.29, 0.717) is 6.61 Å². The van der Waals surface area contributed by atoms with Gasteiger partial charge in [0.25, 0.3) is 0 Å². The third kappa shape index (κ3) is 3.19. The molecular formula is C12H23NO3. The molecular weight excluding hydrogens is 206 g/mol. The van der Waals surface area contributed by atoms with E-state index in [1.165, 1.54) is 6.92 Å². The molecule has 4 nitrogen and oxygen atoms in total. The number of ether oxygens (including phenoxy) is 2. The van der Waals surface area contributed by atoms with E-state index in [-0.39, 0.29) is 12.1 Å². The first-order valence-corrected chi connectivity index (χ1v) is 6.16. The molecule has 0 aliphatic carbocycles. The van der Waals surface area contributed by atoms with Crippen LogP contribution in [0, 0.1) is 0 Å². The Kier molecular flexibility index (Phi) is 5.22. The SMILES string of the molecule is CCCC(CC)(OC(C)=O)C1CNCCO1. The lowest BCUT2D eigenvalue weighted by molar-refractivity contribution is -0.182. The lowest BCUT2D eigenvalue weighted by Gasteiger charge is -2.41. The van der Waals surface area contributed by atoms with Crippen molar-refractivity contribution in [1.82, 2.24) is 5.32 Å². The Hall–Kier alpha value is -0.610. The van der Waals surface area contributed by atoms with Gasteiger partial charge in [-0.05, 0) is 12.8 Å². The van der Waals surface area contributed by atoms with Crippen molar-refractivity contribution in [2.24, 2.45) is 0 Å². The van der Waals surface area contributed by atoms with Gasteiger partial charge in [0, 0.05) is 20.0 Å². The molecule has 0 aromatic heterocycles. The van der Waals surface area contributed by atoms with Crippen LogP contribution in [0.25, 0.3) is 0 Å². The molecule has 1 rings (SSSR count). The lowest BCUT2D eigenvalue weighted by atomic mass is 9.87. The number of hydrogen-bond donors (Lipinski definition) is 1. The fourth-order valence-corrected chi connectivity index (χ4v) is 2.37. The topological polar surface area (TPSA) is 47.6 Å². The van der Waals surface area contributed by atoms with Gasteiger partial charge in [-0.25, -0.2) is 0 Å². The molecule has 94 valence electrons. The maximum absolute atomic E-state index is 11.2. The smallest absolute Gasteiger partial charge is 0.303 e. The van der Waals surface area contributed by atoms with Crippen molar-refractivity contribution >= 4 is 5.97 Å². The van der Waals surface area contributed by atoms with E-state index in [2.05, 4.69) is 19.2 Å². The molecule has 0 saturated carbocycles. The molecule has 1 heterocycles. The molecule has 0 bridgehead atoms. The first kappa shape index (κ1) is 13.5. The molecule has 1 fully saturated rings. The predicted molar refractivity (Wildman–Crippen MR) is 62.3 cm³/mol. The highest BCUT2D eigenvalue weighted by molar-refractivity contribution is 5.66. The number of nitrogens with one attached hydrogen (secondary N) is 1. The maximum atomic E-state index is 11.2. The van der Waals surface area contributed by atoms with Gasteiger partial charge in [-0.1, -0.05) is 20.3 Å². The van der Waals surface area contributed by atoms with Crippen LogP contribution in [0.5, 0.6) is 0 Å². The molecule has 0 aromatic rings. The number of carbonyl (C=O) groups is 1. The van der Waals surface area contributed by atoms with Gasteiger partial charge in [0.2, 0.25) is 0 Å². The average molecular weight is 229 g/mol. The van der Waals surface area contributed by atoms with Crippen LogP contribution in [0.3, 0.4) is 0 Å². The molecule has 1 N–H and O–H groups in total. The highest BCUT2D eigenvalue weighted by atomic mass is 16.6. The molecule has 2 atom stereocenters. The van der Waals surface area contributed by atoms with Crippen LogP contribution in [-0.4, -0.2) is 37.4 Å². The lowest BCUT2D eigenvalue weighted by Crippen LogP contribution is -2.55. The summed E-state index contributed by atoms with van der Waals surface area (Å²) in [5, 5.41) is 3.29. The number of carbonyl (C=O) groups excluding carboxylic acids is 1. The Balaban J connectivity index is 2.76. The van der Waals surface area contributed by atoms with Gasteiger partial charge in [0.1, 0.15) is 11.7 Å². The van der Waals surface area contributed by atoms with Gasteiger partial charge in [-0.3, -0.25) is 4.79 Å². The van der Waals surface area contributed by atoms with Crippen LogP contribution in [0.1, 0.15) is 40.0 Å². The van der Waals surface area contributed by atoms with Crippen LogP contribution < -0.4 is 5.32 Å². The summed E-state index contributed by atoms with van der Waals surface area (Å²) in [6, 6.07) is 0. The Bertz CT molecular complexity index is 226. The van der Waals surface area contributed by atoms with Crippen LogP contribution in [0.2, 0.25) is 0 Å². The first-order valence-electron chi connectivity index (χ1n) is 6.16. The molecule has 16 heavy (non-hydrogen) atoms. The molecule has 1 aliphatic heterocycles. The summed E-state index contributed by atoms with van der Waals surface area (Å²) in [6.45, 7) is 7.96. The predicted octanol–water partition coefficient (Wildman–Crippen LogP) is 1.49. The van der Waals surface area contributed by atoms with Crippen LogP contribution in [0.15, 0.2) is 0 Å². The highest BCUT2D eigenvalue weighted by Crippen LogP contribution is 2.29. The Morgan fingerprint density at radius 3 is 2.75 bits per heavy atom. The quantitative estimate of drug-likeness (QED) is 0.726. The van der Waals surface area contributed by atoms with E-state index in [1.54, 1.807) is 0 Å². The molecule has 0 spiro atoms. The zero-order valence-electron chi connectivity index (χ0n) is 10.5. The molecule has 0 radical (unpaired) electrons. The number of rotatable bonds is 5. The number of hydrogen-bond acceptors (Lipinski definition) is 4. The standard InChI is InChI=1S/C12H23NO3/c1-4-6-12(5-2,16-10(3)14)11-9-13-7-8-15-11/h11,13H,4-9H2,1-3H3. The Labute approximate surface area is 97.7 Å². The van der Waals surface area contributed by atoms with E-state index < -0.39 is 5.60 Å². The fourth-order valence-electron chi connectivity index (χ4n) is 2.37. The largest absolute Gasteiger partial charge is 0.456 e. The summed E-state index contributed by atoms with van der Waals surface area (Å²) in [6.07, 6.45) is 2.62. The van der Waals surface area contributed by atoms with Gasteiger partial charge in [0.05, 0.1) is 6.61 Å². The third-order valence-electron chi connectivity index (χ3n) is 3.13.